The molecule has 1 aromatic heterocycles. The van der Waals surface area contributed by atoms with Gasteiger partial charge < -0.3 is 15.0 Å². The molecule has 0 radical (unpaired) electrons. The SMILES string of the molecule is C[C@@H](N)c1cc(C(F)F)c2ccn(COCC[Si](C)(C)C)c2c1. The Balaban J connectivity index is 2.24. The maximum Gasteiger partial charge on any atom is 0.264 e. The zero-order valence-corrected chi connectivity index (χ0v) is 15.3. The Morgan fingerprint density at radius 3 is 2.52 bits per heavy atom. The van der Waals surface area contributed by atoms with Crippen molar-refractivity contribution < 1.29 is 13.5 Å². The second kappa shape index (κ2) is 7.11. The van der Waals surface area contributed by atoms with Crippen LogP contribution in [0.25, 0.3) is 10.9 Å². The fraction of sp³-hybridized carbons (Fsp3) is 0.529. The van der Waals surface area contributed by atoms with Gasteiger partial charge in [0.2, 0.25) is 0 Å². The second-order valence-corrected chi connectivity index (χ2v) is 12.9. The van der Waals surface area contributed by atoms with E-state index in [0.717, 1.165) is 17.1 Å². The van der Waals surface area contributed by atoms with Gasteiger partial charge in [0.1, 0.15) is 6.73 Å². The van der Waals surface area contributed by atoms with Crippen LogP contribution in [-0.2, 0) is 11.5 Å². The van der Waals surface area contributed by atoms with Crippen LogP contribution < -0.4 is 5.73 Å². The van der Waals surface area contributed by atoms with E-state index >= 15 is 0 Å². The average molecular weight is 340 g/mol. The van der Waals surface area contributed by atoms with Gasteiger partial charge in [0.15, 0.2) is 0 Å². The van der Waals surface area contributed by atoms with Gasteiger partial charge in [-0.2, -0.15) is 0 Å². The lowest BCUT2D eigenvalue weighted by molar-refractivity contribution is 0.0902. The summed E-state index contributed by atoms with van der Waals surface area (Å²) < 4.78 is 34.2. The molecular weight excluding hydrogens is 314 g/mol. The van der Waals surface area contributed by atoms with E-state index in [0.29, 0.717) is 18.7 Å². The minimum absolute atomic E-state index is 0.0376. The van der Waals surface area contributed by atoms with Crippen molar-refractivity contribution in [1.29, 1.82) is 0 Å². The summed E-state index contributed by atoms with van der Waals surface area (Å²) in [7, 11) is -1.13. The number of ether oxygens (including phenoxy) is 1. The van der Waals surface area contributed by atoms with Crippen molar-refractivity contribution in [2.75, 3.05) is 6.61 Å². The predicted molar refractivity (Wildman–Crippen MR) is 93.6 cm³/mol. The third-order valence-electron chi connectivity index (χ3n) is 3.93. The van der Waals surface area contributed by atoms with E-state index in [4.69, 9.17) is 10.5 Å². The summed E-state index contributed by atoms with van der Waals surface area (Å²) in [5, 5.41) is 0.568. The molecule has 0 saturated carbocycles. The van der Waals surface area contributed by atoms with Crippen LogP contribution in [0.2, 0.25) is 25.7 Å². The fourth-order valence-electron chi connectivity index (χ4n) is 2.44. The van der Waals surface area contributed by atoms with Crippen LogP contribution >= 0.6 is 0 Å². The first-order chi connectivity index (χ1) is 10.7. The van der Waals surface area contributed by atoms with Crippen molar-refractivity contribution in [3.8, 4) is 0 Å². The number of nitrogens with zero attached hydrogens (tertiary/aromatic N) is 1. The van der Waals surface area contributed by atoms with Crippen LogP contribution in [0.1, 0.15) is 30.5 Å². The summed E-state index contributed by atoms with van der Waals surface area (Å²) >= 11 is 0. The van der Waals surface area contributed by atoms with E-state index < -0.39 is 14.5 Å². The molecule has 0 aliphatic carbocycles. The van der Waals surface area contributed by atoms with Crippen molar-refractivity contribution in [2.45, 2.75) is 51.8 Å². The molecule has 0 unspecified atom stereocenters. The lowest BCUT2D eigenvalue weighted by Crippen LogP contribution is -2.22. The highest BCUT2D eigenvalue weighted by Crippen LogP contribution is 2.31. The lowest BCUT2D eigenvalue weighted by Gasteiger charge is -2.16. The molecule has 1 atom stereocenters. The quantitative estimate of drug-likeness (QED) is 0.574. The van der Waals surface area contributed by atoms with E-state index in [1.54, 1.807) is 19.2 Å². The van der Waals surface area contributed by atoms with Crippen molar-refractivity contribution in [3.63, 3.8) is 0 Å². The first-order valence-corrected chi connectivity index (χ1v) is 11.6. The molecule has 3 nitrogen and oxygen atoms in total. The molecule has 0 saturated heterocycles. The maximum absolute atomic E-state index is 13.3. The Hall–Kier alpha value is -1.24. The van der Waals surface area contributed by atoms with E-state index in [9.17, 15) is 8.78 Å². The molecule has 0 bridgehead atoms. The number of halogens is 2. The number of aromatic nitrogens is 1. The summed E-state index contributed by atoms with van der Waals surface area (Å²) in [5.74, 6) is 0. The van der Waals surface area contributed by atoms with Gasteiger partial charge in [-0.1, -0.05) is 19.6 Å². The highest BCUT2D eigenvalue weighted by molar-refractivity contribution is 6.76. The van der Waals surface area contributed by atoms with Crippen LogP contribution in [0, 0.1) is 0 Å². The Morgan fingerprint density at radius 2 is 1.96 bits per heavy atom. The molecule has 23 heavy (non-hydrogen) atoms. The number of fused-ring (bicyclic) bond motifs is 1. The number of hydrogen-bond acceptors (Lipinski definition) is 2. The van der Waals surface area contributed by atoms with Crippen LogP contribution in [-0.4, -0.2) is 19.2 Å². The number of rotatable bonds is 7. The number of alkyl halides is 2. The fourth-order valence-corrected chi connectivity index (χ4v) is 3.20. The van der Waals surface area contributed by atoms with Gasteiger partial charge in [-0.15, -0.1) is 0 Å². The molecule has 2 rings (SSSR count). The summed E-state index contributed by atoms with van der Waals surface area (Å²) in [4.78, 5) is 0. The Morgan fingerprint density at radius 1 is 1.26 bits per heavy atom. The normalized spacial score (nSPS) is 13.9. The zero-order valence-electron chi connectivity index (χ0n) is 14.3. The zero-order chi connectivity index (χ0) is 17.2. The van der Waals surface area contributed by atoms with E-state index in [1.807, 2.05) is 10.6 Å². The molecule has 1 aromatic carbocycles. The average Bonchev–Trinajstić information content (AvgIpc) is 2.84. The minimum atomic E-state index is -2.51. The third-order valence-corrected chi connectivity index (χ3v) is 5.63. The van der Waals surface area contributed by atoms with E-state index in [-0.39, 0.29) is 11.6 Å². The monoisotopic (exact) mass is 340 g/mol. The molecule has 2 aromatic rings. The van der Waals surface area contributed by atoms with Crippen molar-refractivity contribution in [1.82, 2.24) is 4.57 Å². The lowest BCUT2D eigenvalue weighted by atomic mass is 10.0. The first kappa shape index (κ1) is 18.1. The number of hydrogen-bond donors (Lipinski definition) is 1. The highest BCUT2D eigenvalue weighted by atomic mass is 28.3. The molecule has 0 amide bonds. The summed E-state index contributed by atoms with van der Waals surface area (Å²) in [6.07, 6.45) is -0.712. The van der Waals surface area contributed by atoms with Gasteiger partial charge >= 0.3 is 0 Å². The molecular formula is C17H26F2N2OSi. The van der Waals surface area contributed by atoms with Crippen LogP contribution in [0.3, 0.4) is 0 Å². The molecule has 1 heterocycles. The molecule has 128 valence electrons. The number of nitrogens with two attached hydrogens (primary N) is 1. The maximum atomic E-state index is 13.3. The highest BCUT2D eigenvalue weighted by Gasteiger charge is 2.17. The molecule has 0 aliphatic heterocycles. The smallest absolute Gasteiger partial charge is 0.264 e. The van der Waals surface area contributed by atoms with Crippen molar-refractivity contribution >= 4 is 19.0 Å². The standard InChI is InChI=1S/C17H26F2N2OSi/c1-12(20)13-9-15(17(18)19)14-5-6-21(16(14)10-13)11-22-7-8-23(2,3)4/h5-6,9-10,12,17H,7-8,11,20H2,1-4H3/t12-/m1/s1. The van der Waals surface area contributed by atoms with Crippen molar-refractivity contribution in [2.24, 2.45) is 5.73 Å². The van der Waals surface area contributed by atoms with Gasteiger partial charge in [-0.05, 0) is 36.7 Å². The number of benzene rings is 1. The van der Waals surface area contributed by atoms with Gasteiger partial charge in [0, 0.05) is 37.9 Å². The Kier molecular flexibility index (Phi) is 5.60. The van der Waals surface area contributed by atoms with E-state index in [1.165, 1.54) is 6.07 Å². The van der Waals surface area contributed by atoms with Gasteiger partial charge in [0.25, 0.3) is 6.43 Å². The van der Waals surface area contributed by atoms with Crippen LogP contribution in [0.15, 0.2) is 24.4 Å². The predicted octanol–water partition coefficient (Wildman–Crippen LogP) is 4.91. The van der Waals surface area contributed by atoms with Crippen LogP contribution in [0.4, 0.5) is 8.78 Å². The molecule has 0 fully saturated rings. The third kappa shape index (κ3) is 4.62. The van der Waals surface area contributed by atoms with E-state index in [2.05, 4.69) is 19.6 Å². The summed E-state index contributed by atoms with van der Waals surface area (Å²) in [5.41, 5.74) is 7.39. The largest absolute Gasteiger partial charge is 0.361 e. The molecule has 0 aliphatic rings. The summed E-state index contributed by atoms with van der Waals surface area (Å²) in [6, 6.07) is 5.92. The molecule has 2 N–H and O–H groups in total. The van der Waals surface area contributed by atoms with Crippen molar-refractivity contribution in [3.05, 3.63) is 35.5 Å². The van der Waals surface area contributed by atoms with Gasteiger partial charge in [-0.3, -0.25) is 0 Å². The molecule has 0 spiro atoms. The van der Waals surface area contributed by atoms with Gasteiger partial charge in [-0.25, -0.2) is 8.78 Å². The van der Waals surface area contributed by atoms with Crippen LogP contribution in [0.5, 0.6) is 0 Å². The molecule has 6 heteroatoms. The first-order valence-electron chi connectivity index (χ1n) is 7.93. The summed E-state index contributed by atoms with van der Waals surface area (Å²) in [6.45, 7) is 9.76. The Labute approximate surface area is 137 Å². The second-order valence-electron chi connectivity index (χ2n) is 7.27. The minimum Gasteiger partial charge on any atom is -0.361 e. The Bertz CT molecular complexity index is 662. The topological polar surface area (TPSA) is 40.2 Å². The van der Waals surface area contributed by atoms with Gasteiger partial charge in [0.05, 0.1) is 5.52 Å².